The molecule has 0 spiro atoms. The number of hydrogen-bond donors (Lipinski definition) is 2. The van der Waals surface area contributed by atoms with Crippen molar-refractivity contribution in [2.45, 2.75) is 52.4 Å². The lowest BCUT2D eigenvalue weighted by atomic mass is 9.84. The van der Waals surface area contributed by atoms with Gasteiger partial charge in [0.1, 0.15) is 5.75 Å². The van der Waals surface area contributed by atoms with Crippen LogP contribution in [-0.4, -0.2) is 24.9 Å². The summed E-state index contributed by atoms with van der Waals surface area (Å²) in [5.74, 6) is 1.61. The number of benzene rings is 1. The second-order valence-corrected chi connectivity index (χ2v) is 5.69. The van der Waals surface area contributed by atoms with Crippen LogP contribution in [0.15, 0.2) is 18.2 Å². The van der Waals surface area contributed by atoms with Crippen LogP contribution in [0.4, 0.5) is 0 Å². The summed E-state index contributed by atoms with van der Waals surface area (Å²) in [6.45, 7) is 7.99. The van der Waals surface area contributed by atoms with Gasteiger partial charge >= 0.3 is 0 Å². The smallest absolute Gasteiger partial charge is 0.119 e. The van der Waals surface area contributed by atoms with Gasteiger partial charge in [-0.3, -0.25) is 0 Å². The largest absolute Gasteiger partial charge is 0.494 e. The van der Waals surface area contributed by atoms with E-state index in [0.29, 0.717) is 12.5 Å². The molecule has 3 heteroatoms. The van der Waals surface area contributed by atoms with Crippen LogP contribution in [-0.2, 0) is 6.42 Å². The first-order valence-corrected chi connectivity index (χ1v) is 8.26. The van der Waals surface area contributed by atoms with Gasteiger partial charge < -0.3 is 15.6 Å². The van der Waals surface area contributed by atoms with Gasteiger partial charge in [-0.05, 0) is 67.3 Å². The molecule has 21 heavy (non-hydrogen) atoms. The molecule has 3 nitrogen and oxygen atoms in total. The summed E-state index contributed by atoms with van der Waals surface area (Å²) in [7, 11) is 0. The fraction of sp³-hybridized carbons (Fsp3) is 0.667. The molecule has 120 valence electrons. The van der Waals surface area contributed by atoms with E-state index in [1.165, 1.54) is 11.1 Å². The van der Waals surface area contributed by atoms with Gasteiger partial charge in [0.15, 0.2) is 0 Å². The molecule has 0 radical (unpaired) electrons. The first-order valence-electron chi connectivity index (χ1n) is 8.26. The summed E-state index contributed by atoms with van der Waals surface area (Å²) in [5, 5.41) is 9.39. The Bertz CT molecular complexity index is 402. The van der Waals surface area contributed by atoms with Crippen LogP contribution in [0.25, 0.3) is 0 Å². The van der Waals surface area contributed by atoms with Crippen molar-refractivity contribution < 1.29 is 9.84 Å². The Morgan fingerprint density at radius 1 is 1.24 bits per heavy atom. The van der Waals surface area contributed by atoms with Gasteiger partial charge in [0.25, 0.3) is 0 Å². The van der Waals surface area contributed by atoms with Crippen molar-refractivity contribution in [1.82, 2.24) is 0 Å². The number of ether oxygens (including phenoxy) is 1. The fourth-order valence-electron chi connectivity index (χ4n) is 2.76. The lowest BCUT2D eigenvalue weighted by Crippen LogP contribution is -2.21. The molecule has 1 rings (SSSR count). The number of nitrogens with two attached hydrogens (primary N) is 1. The average molecular weight is 293 g/mol. The van der Waals surface area contributed by atoms with Crippen molar-refractivity contribution in [2.75, 3.05) is 19.8 Å². The Morgan fingerprint density at radius 3 is 2.52 bits per heavy atom. The molecule has 3 N–H and O–H groups in total. The molecule has 2 atom stereocenters. The second kappa shape index (κ2) is 9.80. The second-order valence-electron chi connectivity index (χ2n) is 5.69. The normalized spacial score (nSPS) is 14.0. The molecular formula is C18H31NO2. The number of aliphatic hydroxyl groups excluding tert-OH is 1. The summed E-state index contributed by atoms with van der Waals surface area (Å²) in [5.41, 5.74) is 8.47. The lowest BCUT2D eigenvalue weighted by Gasteiger charge is -2.23. The zero-order valence-corrected chi connectivity index (χ0v) is 13.8. The van der Waals surface area contributed by atoms with Crippen LogP contribution in [0.3, 0.4) is 0 Å². The summed E-state index contributed by atoms with van der Waals surface area (Å²) >= 11 is 0. The number of aryl methyl sites for hydroxylation is 1. The highest BCUT2D eigenvalue weighted by molar-refractivity contribution is 5.38. The van der Waals surface area contributed by atoms with E-state index in [-0.39, 0.29) is 12.5 Å². The molecule has 0 heterocycles. The van der Waals surface area contributed by atoms with Crippen LogP contribution < -0.4 is 10.5 Å². The Balaban J connectivity index is 2.92. The molecule has 1 aromatic carbocycles. The van der Waals surface area contributed by atoms with Crippen LogP contribution in [0.5, 0.6) is 5.75 Å². The molecular weight excluding hydrogens is 262 g/mol. The first kappa shape index (κ1) is 18.0. The predicted molar refractivity (Wildman–Crippen MR) is 88.9 cm³/mol. The molecule has 0 aliphatic heterocycles. The van der Waals surface area contributed by atoms with E-state index < -0.39 is 0 Å². The molecule has 0 aliphatic carbocycles. The Morgan fingerprint density at radius 2 is 2.00 bits per heavy atom. The highest BCUT2D eigenvalue weighted by Gasteiger charge is 2.18. The van der Waals surface area contributed by atoms with Crippen molar-refractivity contribution in [1.29, 1.82) is 0 Å². The van der Waals surface area contributed by atoms with Crippen molar-refractivity contribution in [3.63, 3.8) is 0 Å². The molecule has 2 unspecified atom stereocenters. The average Bonchev–Trinajstić information content (AvgIpc) is 2.54. The van der Waals surface area contributed by atoms with Crippen molar-refractivity contribution in [2.24, 2.45) is 11.7 Å². The van der Waals surface area contributed by atoms with Crippen LogP contribution in [0.2, 0.25) is 0 Å². The molecule has 0 amide bonds. The number of rotatable bonds is 10. The van der Waals surface area contributed by atoms with E-state index in [1.54, 1.807) is 0 Å². The van der Waals surface area contributed by atoms with Crippen molar-refractivity contribution >= 4 is 0 Å². The van der Waals surface area contributed by atoms with E-state index in [1.807, 2.05) is 0 Å². The van der Waals surface area contributed by atoms with Crippen molar-refractivity contribution in [3.05, 3.63) is 29.3 Å². The molecule has 0 saturated heterocycles. The van der Waals surface area contributed by atoms with Gasteiger partial charge in [0.2, 0.25) is 0 Å². The SMILES string of the molecule is CCCOc1ccc(C(CC)CC(CN)CO)c(CC)c1. The van der Waals surface area contributed by atoms with Crippen molar-refractivity contribution in [3.8, 4) is 5.75 Å². The molecule has 0 fully saturated rings. The van der Waals surface area contributed by atoms with Crippen LogP contribution >= 0.6 is 0 Å². The number of aliphatic hydroxyl groups is 1. The van der Waals surface area contributed by atoms with Gasteiger partial charge in [-0.2, -0.15) is 0 Å². The third-order valence-electron chi connectivity index (χ3n) is 4.11. The first-order chi connectivity index (χ1) is 10.2. The van der Waals surface area contributed by atoms with Gasteiger partial charge in [0, 0.05) is 6.61 Å². The minimum atomic E-state index is 0.173. The van der Waals surface area contributed by atoms with Gasteiger partial charge in [-0.25, -0.2) is 0 Å². The quantitative estimate of drug-likeness (QED) is 0.694. The van der Waals surface area contributed by atoms with Gasteiger partial charge in [-0.1, -0.05) is 26.8 Å². The van der Waals surface area contributed by atoms with E-state index >= 15 is 0 Å². The van der Waals surface area contributed by atoms with E-state index in [4.69, 9.17) is 10.5 Å². The predicted octanol–water partition coefficient (Wildman–Crippen LogP) is 3.49. The summed E-state index contributed by atoms with van der Waals surface area (Å²) in [4.78, 5) is 0. The zero-order valence-electron chi connectivity index (χ0n) is 13.8. The third-order valence-corrected chi connectivity index (χ3v) is 4.11. The molecule has 1 aromatic rings. The van der Waals surface area contributed by atoms with E-state index in [2.05, 4.69) is 39.0 Å². The van der Waals surface area contributed by atoms with Crippen LogP contribution in [0.1, 0.15) is 57.1 Å². The van der Waals surface area contributed by atoms with Gasteiger partial charge in [-0.15, -0.1) is 0 Å². The minimum Gasteiger partial charge on any atom is -0.494 e. The monoisotopic (exact) mass is 293 g/mol. The standard InChI is InChI=1S/C18H31NO2/c1-4-9-21-17-7-8-18(16(6-3)11-17)15(5-2)10-14(12-19)13-20/h7-8,11,14-15,20H,4-6,9-10,12-13,19H2,1-3H3. The van der Waals surface area contributed by atoms with Gasteiger partial charge in [0.05, 0.1) is 6.61 Å². The molecule has 0 aliphatic rings. The summed E-state index contributed by atoms with van der Waals surface area (Å²) < 4.78 is 5.73. The van der Waals surface area contributed by atoms with E-state index in [9.17, 15) is 5.11 Å². The Hall–Kier alpha value is -1.06. The fourth-order valence-corrected chi connectivity index (χ4v) is 2.76. The third kappa shape index (κ3) is 5.33. The summed E-state index contributed by atoms with van der Waals surface area (Å²) in [6.07, 6.45) is 4.04. The molecule has 0 bridgehead atoms. The maximum atomic E-state index is 9.39. The summed E-state index contributed by atoms with van der Waals surface area (Å²) in [6, 6.07) is 6.44. The minimum absolute atomic E-state index is 0.173. The highest BCUT2D eigenvalue weighted by atomic mass is 16.5. The van der Waals surface area contributed by atoms with Crippen LogP contribution in [0, 0.1) is 5.92 Å². The lowest BCUT2D eigenvalue weighted by molar-refractivity contribution is 0.214. The Kier molecular flexibility index (Phi) is 8.40. The topological polar surface area (TPSA) is 55.5 Å². The number of hydrogen-bond acceptors (Lipinski definition) is 3. The highest BCUT2D eigenvalue weighted by Crippen LogP contribution is 2.32. The molecule has 0 saturated carbocycles. The maximum absolute atomic E-state index is 9.39. The maximum Gasteiger partial charge on any atom is 0.119 e. The molecule has 0 aromatic heterocycles. The van der Waals surface area contributed by atoms with E-state index in [0.717, 1.165) is 38.0 Å². The zero-order chi connectivity index (χ0) is 15.7. The Labute approximate surface area is 129 Å².